The number of likely N-dealkylation sites (N-methyl/N-ethyl adjacent to an activating group) is 1. The molecule has 0 spiro atoms. The van der Waals surface area contributed by atoms with Crippen molar-refractivity contribution in [1.29, 1.82) is 0 Å². The van der Waals surface area contributed by atoms with Gasteiger partial charge in [0.15, 0.2) is 5.60 Å². The average Bonchev–Trinajstić information content (AvgIpc) is 3.50. The highest BCUT2D eigenvalue weighted by Crippen LogP contribution is 2.41. The van der Waals surface area contributed by atoms with E-state index >= 15 is 0 Å². The van der Waals surface area contributed by atoms with Gasteiger partial charge in [-0.2, -0.15) is 0 Å². The Morgan fingerprint density at radius 1 is 1.14 bits per heavy atom. The molecule has 42 heavy (non-hydrogen) atoms. The first-order valence-corrected chi connectivity index (χ1v) is 14.1. The molecule has 0 saturated carbocycles. The molecule has 0 amide bonds. The molecule has 0 bridgehead atoms. The molecule has 3 aromatic carbocycles. The zero-order valence-electron chi connectivity index (χ0n) is 23.3. The van der Waals surface area contributed by atoms with Crippen molar-refractivity contribution in [2.24, 2.45) is 15.8 Å². The molecule has 10 nitrogen and oxygen atoms in total. The van der Waals surface area contributed by atoms with Crippen LogP contribution in [0.2, 0.25) is 5.02 Å². The summed E-state index contributed by atoms with van der Waals surface area (Å²) in [4.78, 5) is 8.91. The fraction of sp³-hybridized carbons (Fsp3) is 0.226. The summed E-state index contributed by atoms with van der Waals surface area (Å²) in [5.41, 5.74) is 16.3. The maximum absolute atomic E-state index is 12.7. The Hall–Kier alpha value is -4.19. The van der Waals surface area contributed by atoms with Crippen molar-refractivity contribution in [1.82, 2.24) is 20.9 Å². The highest BCUT2D eigenvalue weighted by atomic mass is 35.5. The quantitative estimate of drug-likeness (QED) is 0.319. The van der Waals surface area contributed by atoms with Gasteiger partial charge in [0.1, 0.15) is 0 Å². The minimum Gasteiger partial charge on any atom is -0.403 e. The predicted octanol–water partition coefficient (Wildman–Crippen LogP) is 3.23. The number of fused-ring (bicyclic) bond motifs is 3. The van der Waals surface area contributed by atoms with Crippen LogP contribution in [0.1, 0.15) is 27.8 Å². The minimum absolute atomic E-state index is 0.457. The summed E-state index contributed by atoms with van der Waals surface area (Å²) in [5.74, 6) is 0.463. The van der Waals surface area contributed by atoms with Crippen LogP contribution < -0.4 is 21.8 Å². The summed E-state index contributed by atoms with van der Waals surface area (Å²) in [5, 5.41) is 19.3. The van der Waals surface area contributed by atoms with Crippen molar-refractivity contribution in [3.63, 3.8) is 0 Å². The molecular formula is C31H33ClN8O2. The Labute approximate surface area is 250 Å². The van der Waals surface area contributed by atoms with Gasteiger partial charge in [-0.25, -0.2) is 15.5 Å². The summed E-state index contributed by atoms with van der Waals surface area (Å²) in [6, 6.07) is 21.3. The largest absolute Gasteiger partial charge is 0.403 e. The van der Waals surface area contributed by atoms with Gasteiger partial charge in [-0.15, -0.1) is 10.6 Å². The minimum atomic E-state index is -1.62. The lowest BCUT2D eigenvalue weighted by Gasteiger charge is -2.37. The molecule has 1 unspecified atom stereocenters. The second kappa shape index (κ2) is 11.6. The normalized spacial score (nSPS) is 18.3. The number of guanidine groups is 1. The monoisotopic (exact) mass is 584 g/mol. The van der Waals surface area contributed by atoms with Gasteiger partial charge in [-0.1, -0.05) is 60.6 Å². The van der Waals surface area contributed by atoms with Crippen LogP contribution in [0.25, 0.3) is 0 Å². The number of anilines is 1. The Kier molecular flexibility index (Phi) is 7.72. The molecule has 3 aliphatic heterocycles. The molecule has 6 rings (SSSR count). The molecule has 0 aromatic heterocycles. The van der Waals surface area contributed by atoms with Crippen LogP contribution in [-0.4, -0.2) is 59.9 Å². The topological polar surface area (TPSA) is 114 Å². The van der Waals surface area contributed by atoms with E-state index in [1.807, 2.05) is 61.6 Å². The lowest BCUT2D eigenvalue weighted by Crippen LogP contribution is -2.44. The highest BCUT2D eigenvalue weighted by Gasteiger charge is 2.40. The van der Waals surface area contributed by atoms with Crippen molar-refractivity contribution in [3.05, 3.63) is 124 Å². The molecule has 3 aliphatic rings. The van der Waals surface area contributed by atoms with E-state index in [1.54, 1.807) is 16.1 Å². The van der Waals surface area contributed by atoms with Gasteiger partial charge >= 0.3 is 0 Å². The third-order valence-electron chi connectivity index (χ3n) is 7.80. The van der Waals surface area contributed by atoms with E-state index in [1.165, 1.54) is 6.20 Å². The molecule has 0 aliphatic carbocycles. The standard InChI is InChI=1S/C31H33ClN8O2/c1-3-38(2)28(19-33)31(41,23-9-7-21(8-10-23)20-39-13-15-42-16-14-39)24-11-12-27-26(18-24)29(22-5-4-6-25(32)17-22)34-30-35-36-37-40(27)30/h3-12,17-19,36-37,41H,1,13-16,20,33H2,2H3/b28-19-. The van der Waals surface area contributed by atoms with E-state index in [2.05, 4.69) is 39.8 Å². The predicted molar refractivity (Wildman–Crippen MR) is 165 cm³/mol. The highest BCUT2D eigenvalue weighted by molar-refractivity contribution is 6.32. The van der Waals surface area contributed by atoms with Crippen molar-refractivity contribution in [2.75, 3.05) is 38.4 Å². The van der Waals surface area contributed by atoms with E-state index in [4.69, 9.17) is 27.1 Å². The zero-order chi connectivity index (χ0) is 29.3. The first-order valence-electron chi connectivity index (χ1n) is 13.7. The van der Waals surface area contributed by atoms with E-state index in [9.17, 15) is 5.11 Å². The first kappa shape index (κ1) is 28.0. The molecular weight excluding hydrogens is 552 g/mol. The first-order chi connectivity index (χ1) is 20.4. The SMILES string of the molecule is C=CN(C)/C(=C\N)C(O)(c1ccc(CN2CCOCC2)cc1)c1ccc2c(c1)C(c1cccc(Cl)c1)=NC1=NNNN12. The van der Waals surface area contributed by atoms with Gasteiger partial charge in [0.25, 0.3) is 5.96 Å². The van der Waals surface area contributed by atoms with Crippen LogP contribution in [0.4, 0.5) is 5.69 Å². The van der Waals surface area contributed by atoms with E-state index in [0.717, 1.165) is 55.2 Å². The summed E-state index contributed by atoms with van der Waals surface area (Å²) in [6.07, 6.45) is 3.04. The number of hydrazone groups is 1. The van der Waals surface area contributed by atoms with Crippen LogP contribution in [0.3, 0.4) is 0 Å². The molecule has 0 radical (unpaired) electrons. The maximum atomic E-state index is 12.7. The van der Waals surface area contributed by atoms with Crippen LogP contribution in [0, 0.1) is 0 Å². The smallest absolute Gasteiger partial charge is 0.265 e. The number of hydrazine groups is 2. The molecule has 3 aromatic rings. The molecule has 1 saturated heterocycles. The zero-order valence-corrected chi connectivity index (χ0v) is 24.1. The second-order valence-electron chi connectivity index (χ2n) is 10.3. The van der Waals surface area contributed by atoms with Crippen molar-refractivity contribution >= 4 is 29.0 Å². The lowest BCUT2D eigenvalue weighted by atomic mass is 9.81. The number of nitrogens with one attached hydrogen (secondary N) is 2. The van der Waals surface area contributed by atoms with Crippen molar-refractivity contribution < 1.29 is 9.84 Å². The van der Waals surface area contributed by atoms with Crippen molar-refractivity contribution in [3.8, 4) is 0 Å². The maximum Gasteiger partial charge on any atom is 0.265 e. The van der Waals surface area contributed by atoms with Crippen LogP contribution in [0.5, 0.6) is 0 Å². The van der Waals surface area contributed by atoms with Gasteiger partial charge in [0, 0.05) is 49.0 Å². The third kappa shape index (κ3) is 5.04. The van der Waals surface area contributed by atoms with Gasteiger partial charge in [-0.3, -0.25) is 4.90 Å². The summed E-state index contributed by atoms with van der Waals surface area (Å²) >= 11 is 6.37. The number of aliphatic hydroxyl groups is 1. The molecule has 5 N–H and O–H groups in total. The second-order valence-corrected chi connectivity index (χ2v) is 10.8. The summed E-state index contributed by atoms with van der Waals surface area (Å²) in [7, 11) is 1.81. The van der Waals surface area contributed by atoms with E-state index in [-0.39, 0.29) is 0 Å². The number of hydrogen-bond acceptors (Lipinski definition) is 10. The number of nitrogens with two attached hydrogens (primary N) is 1. The van der Waals surface area contributed by atoms with Gasteiger partial charge < -0.3 is 20.5 Å². The number of hydrogen-bond donors (Lipinski definition) is 4. The Bertz CT molecular complexity index is 1580. The average molecular weight is 585 g/mol. The number of morpholine rings is 1. The van der Waals surface area contributed by atoms with Crippen molar-refractivity contribution in [2.45, 2.75) is 12.1 Å². The van der Waals surface area contributed by atoms with Crippen LogP contribution in [-0.2, 0) is 16.9 Å². The van der Waals surface area contributed by atoms with E-state index in [0.29, 0.717) is 33.5 Å². The number of aliphatic imine (C=N–C) groups is 1. The Morgan fingerprint density at radius 2 is 1.90 bits per heavy atom. The fourth-order valence-corrected chi connectivity index (χ4v) is 5.74. The summed E-state index contributed by atoms with van der Waals surface area (Å²) < 4.78 is 5.49. The van der Waals surface area contributed by atoms with Gasteiger partial charge in [0.2, 0.25) is 0 Å². The number of rotatable bonds is 8. The molecule has 1 atom stereocenters. The Balaban J connectivity index is 1.46. The van der Waals surface area contributed by atoms with E-state index < -0.39 is 5.60 Å². The number of ether oxygens (including phenoxy) is 1. The number of halogens is 1. The number of nitrogens with zero attached hydrogens (tertiary/aromatic N) is 5. The van der Waals surface area contributed by atoms with Crippen LogP contribution in [0.15, 0.2) is 101 Å². The van der Waals surface area contributed by atoms with Gasteiger partial charge in [-0.05, 0) is 47.2 Å². The Morgan fingerprint density at radius 3 is 2.62 bits per heavy atom. The molecule has 3 heterocycles. The lowest BCUT2D eigenvalue weighted by molar-refractivity contribution is 0.0342. The van der Waals surface area contributed by atoms with Gasteiger partial charge in [0.05, 0.1) is 30.3 Å². The third-order valence-corrected chi connectivity index (χ3v) is 8.04. The molecule has 216 valence electrons. The number of benzene rings is 3. The fourth-order valence-electron chi connectivity index (χ4n) is 5.55. The van der Waals surface area contributed by atoms with Crippen LogP contribution >= 0.6 is 11.6 Å². The summed E-state index contributed by atoms with van der Waals surface area (Å²) in [6.45, 7) is 8.00. The molecule has 11 heteroatoms. The molecule has 1 fully saturated rings.